The summed E-state index contributed by atoms with van der Waals surface area (Å²) >= 11 is 0. The van der Waals surface area contributed by atoms with E-state index in [9.17, 15) is 4.79 Å². The molecule has 1 aliphatic carbocycles. The molecule has 0 heterocycles. The van der Waals surface area contributed by atoms with E-state index < -0.39 is 0 Å². The van der Waals surface area contributed by atoms with Crippen LogP contribution in [0.4, 0.5) is 0 Å². The molecule has 1 aliphatic rings. The Bertz CT molecular complexity index is 629. The van der Waals surface area contributed by atoms with Crippen molar-refractivity contribution in [2.24, 2.45) is 4.99 Å². The van der Waals surface area contributed by atoms with Gasteiger partial charge in [0.05, 0.1) is 0 Å². The van der Waals surface area contributed by atoms with E-state index in [0.717, 1.165) is 43.4 Å². The third-order valence-corrected chi connectivity index (χ3v) is 5.03. The van der Waals surface area contributed by atoms with Crippen molar-refractivity contribution >= 4 is 11.6 Å². The zero-order valence-electron chi connectivity index (χ0n) is 17.4. The summed E-state index contributed by atoms with van der Waals surface area (Å²) in [5.41, 5.74) is 2.36. The number of hydrogen-bond donors (Lipinski definition) is 1. The minimum atomic E-state index is -0.157. The average molecular weight is 369 g/mol. The van der Waals surface area contributed by atoms with Crippen LogP contribution >= 0.6 is 0 Å². The van der Waals surface area contributed by atoms with Crippen LogP contribution in [-0.4, -0.2) is 17.2 Å². The molecule has 0 spiro atoms. The van der Waals surface area contributed by atoms with Crippen LogP contribution in [-0.2, 0) is 4.79 Å². The van der Waals surface area contributed by atoms with Crippen LogP contribution in [0.25, 0.3) is 0 Å². The Morgan fingerprint density at radius 2 is 1.85 bits per heavy atom. The van der Waals surface area contributed by atoms with E-state index in [0.29, 0.717) is 18.6 Å². The van der Waals surface area contributed by atoms with Gasteiger partial charge in [-0.05, 0) is 45.1 Å². The molecule has 0 bridgehead atoms. The molecule has 1 N–H and O–H groups in total. The number of nitrogens with one attached hydrogen (secondary N) is 1. The van der Waals surface area contributed by atoms with Gasteiger partial charge in [0, 0.05) is 17.7 Å². The largest absolute Gasteiger partial charge is 0.345 e. The van der Waals surface area contributed by atoms with Gasteiger partial charge in [-0.3, -0.25) is 9.79 Å². The molecule has 0 saturated heterocycles. The quantitative estimate of drug-likeness (QED) is 0.278. The van der Waals surface area contributed by atoms with E-state index in [1.165, 1.54) is 6.42 Å². The lowest BCUT2D eigenvalue weighted by Gasteiger charge is -2.37. The summed E-state index contributed by atoms with van der Waals surface area (Å²) in [5.74, 6) is -0.0481. The second-order valence-electron chi connectivity index (χ2n) is 7.21. The van der Waals surface area contributed by atoms with Gasteiger partial charge >= 0.3 is 0 Å². The summed E-state index contributed by atoms with van der Waals surface area (Å²) in [6.07, 6.45) is 19.4. The molecule has 0 aromatic heterocycles. The first kappa shape index (κ1) is 22.9. The summed E-state index contributed by atoms with van der Waals surface area (Å²) in [4.78, 5) is 17.7. The van der Waals surface area contributed by atoms with Crippen LogP contribution in [0.1, 0.15) is 72.1 Å². The minimum Gasteiger partial charge on any atom is -0.345 e. The molecule has 148 valence electrons. The second-order valence-corrected chi connectivity index (χ2v) is 7.21. The highest BCUT2D eigenvalue weighted by molar-refractivity contribution is 6.39. The lowest BCUT2D eigenvalue weighted by atomic mass is 9.79. The fourth-order valence-electron chi connectivity index (χ4n) is 3.49. The number of hydrogen-bond acceptors (Lipinski definition) is 2. The van der Waals surface area contributed by atoms with Crippen LogP contribution in [0.5, 0.6) is 0 Å². The molecule has 0 aromatic carbocycles. The lowest BCUT2D eigenvalue weighted by molar-refractivity contribution is -0.117. The monoisotopic (exact) mass is 368 g/mol. The highest BCUT2D eigenvalue weighted by atomic mass is 16.2. The van der Waals surface area contributed by atoms with Crippen molar-refractivity contribution in [1.82, 2.24) is 5.32 Å². The first-order valence-electron chi connectivity index (χ1n) is 10.1. The van der Waals surface area contributed by atoms with Crippen molar-refractivity contribution in [3.05, 3.63) is 60.9 Å². The van der Waals surface area contributed by atoms with Gasteiger partial charge < -0.3 is 5.32 Å². The minimum absolute atomic E-state index is 0.0481. The highest BCUT2D eigenvalue weighted by Gasteiger charge is 2.33. The Balaban J connectivity index is 3.09. The highest BCUT2D eigenvalue weighted by Crippen LogP contribution is 2.31. The number of allylic oxidation sites excluding steroid dienone is 6. The molecule has 0 unspecified atom stereocenters. The Morgan fingerprint density at radius 1 is 1.15 bits per heavy atom. The summed E-state index contributed by atoms with van der Waals surface area (Å²) in [7, 11) is 0. The van der Waals surface area contributed by atoms with Crippen molar-refractivity contribution in [2.45, 2.75) is 77.7 Å². The zero-order valence-corrected chi connectivity index (χ0v) is 17.4. The van der Waals surface area contributed by atoms with Crippen molar-refractivity contribution in [3.8, 4) is 0 Å². The summed E-state index contributed by atoms with van der Waals surface area (Å²) in [5, 5.41) is 3.30. The Kier molecular flexibility index (Phi) is 10.4. The number of carbonyl (C=O) groups excluding carboxylic acids is 1. The van der Waals surface area contributed by atoms with Crippen molar-refractivity contribution in [2.75, 3.05) is 0 Å². The molecule has 0 aliphatic heterocycles. The van der Waals surface area contributed by atoms with Crippen LogP contribution < -0.4 is 5.32 Å². The van der Waals surface area contributed by atoms with Crippen LogP contribution in [0, 0.1) is 0 Å². The molecule has 0 radical (unpaired) electrons. The second kappa shape index (κ2) is 12.3. The zero-order chi connectivity index (χ0) is 20.1. The molecular formula is C24H36N2O. The maximum atomic E-state index is 13.0. The van der Waals surface area contributed by atoms with E-state index in [2.05, 4.69) is 18.5 Å². The van der Waals surface area contributed by atoms with E-state index in [-0.39, 0.29) is 11.4 Å². The molecular weight excluding hydrogens is 332 g/mol. The summed E-state index contributed by atoms with van der Waals surface area (Å²) in [6, 6.07) is 0. The molecule has 3 heteroatoms. The predicted octanol–water partition coefficient (Wildman–Crippen LogP) is 6.22. The Labute approximate surface area is 165 Å². The molecule has 0 aromatic rings. The lowest BCUT2D eigenvalue weighted by Crippen LogP contribution is -2.51. The maximum absolute atomic E-state index is 13.0. The van der Waals surface area contributed by atoms with Crippen molar-refractivity contribution in [1.29, 1.82) is 0 Å². The normalized spacial score (nSPS) is 18.4. The van der Waals surface area contributed by atoms with Crippen molar-refractivity contribution < 1.29 is 4.79 Å². The first-order valence-corrected chi connectivity index (χ1v) is 10.1. The van der Waals surface area contributed by atoms with Gasteiger partial charge in [0.15, 0.2) is 0 Å². The van der Waals surface area contributed by atoms with E-state index in [1.807, 2.05) is 57.2 Å². The Hall–Kier alpha value is -2.16. The van der Waals surface area contributed by atoms with E-state index in [4.69, 9.17) is 4.99 Å². The smallest absolute Gasteiger partial charge is 0.266 e. The van der Waals surface area contributed by atoms with Gasteiger partial charge in [-0.15, -0.1) is 13.2 Å². The summed E-state index contributed by atoms with van der Waals surface area (Å²) in [6.45, 7) is 13.7. The number of nitrogens with zero attached hydrogens (tertiary/aromatic N) is 1. The molecule has 27 heavy (non-hydrogen) atoms. The standard InChI is InChI=1S/C24H36N2O/c1-6-10-12-16-20(5)22(15-7-2)25-21(9-4)23(27)26-24(17-8-3)18-13-11-14-19-24/h6-8,10,12,16H,2-3,9,11,13-15,17-19H2,1,4-5H3,(H,26,27)/b10-6-,16-12-,22-20+,25-21?. The van der Waals surface area contributed by atoms with Gasteiger partial charge in [0.1, 0.15) is 5.71 Å². The Morgan fingerprint density at radius 3 is 2.41 bits per heavy atom. The average Bonchev–Trinajstić information content (AvgIpc) is 2.66. The van der Waals surface area contributed by atoms with Crippen molar-refractivity contribution in [3.63, 3.8) is 0 Å². The number of amides is 1. The molecule has 1 saturated carbocycles. The number of rotatable bonds is 10. The third kappa shape index (κ3) is 7.54. The number of aliphatic imine (C=N–C) groups is 1. The predicted molar refractivity (Wildman–Crippen MR) is 118 cm³/mol. The van der Waals surface area contributed by atoms with Crippen LogP contribution in [0.3, 0.4) is 0 Å². The van der Waals surface area contributed by atoms with Gasteiger partial charge in [0.25, 0.3) is 5.91 Å². The molecule has 1 fully saturated rings. The van der Waals surface area contributed by atoms with Gasteiger partial charge in [-0.2, -0.15) is 0 Å². The molecule has 3 nitrogen and oxygen atoms in total. The SMILES string of the molecule is C=CC\C(N=C(CC)C(=O)NC1(CC=C)CCCCC1)=C(C)/C=C\C=C/C. The fraction of sp³-hybridized carbons (Fsp3) is 0.500. The fourth-order valence-corrected chi connectivity index (χ4v) is 3.49. The van der Waals surface area contributed by atoms with E-state index >= 15 is 0 Å². The van der Waals surface area contributed by atoms with Gasteiger partial charge in [-0.1, -0.05) is 62.6 Å². The molecule has 1 rings (SSSR count). The summed E-state index contributed by atoms with van der Waals surface area (Å²) < 4.78 is 0. The van der Waals surface area contributed by atoms with Crippen LogP contribution in [0.15, 0.2) is 65.9 Å². The molecule has 1 amide bonds. The maximum Gasteiger partial charge on any atom is 0.266 e. The molecule has 0 atom stereocenters. The van der Waals surface area contributed by atoms with E-state index in [1.54, 1.807) is 0 Å². The van der Waals surface area contributed by atoms with Crippen LogP contribution in [0.2, 0.25) is 0 Å². The van der Waals surface area contributed by atoms with Gasteiger partial charge in [0.2, 0.25) is 0 Å². The van der Waals surface area contributed by atoms with Gasteiger partial charge in [-0.25, -0.2) is 0 Å². The topological polar surface area (TPSA) is 41.5 Å². The number of carbonyl (C=O) groups is 1. The third-order valence-electron chi connectivity index (χ3n) is 5.03. The first-order chi connectivity index (χ1) is 13.0.